The van der Waals surface area contributed by atoms with Crippen molar-refractivity contribution in [3.05, 3.63) is 25.4 Å². The fourth-order valence-electron chi connectivity index (χ4n) is 0.913. The van der Waals surface area contributed by atoms with Crippen molar-refractivity contribution < 1.29 is 14.5 Å². The van der Waals surface area contributed by atoms with Gasteiger partial charge in [-0.05, 0) is 20.8 Å². The Morgan fingerprint density at radius 2 is 2.12 bits per heavy atom. The number of halogens is 1. The molecule has 0 amide bonds. The van der Waals surface area contributed by atoms with Gasteiger partial charge in [0.25, 0.3) is 5.69 Å². The number of carbonyl (C=O) groups excluding carboxylic acids is 1. The van der Waals surface area contributed by atoms with Gasteiger partial charge in [-0.1, -0.05) is 11.6 Å². The minimum Gasteiger partial charge on any atom is -0.456 e. The fraction of sp³-hybridized carbons (Fsp3) is 0.444. The summed E-state index contributed by atoms with van der Waals surface area (Å²) in [5.41, 5.74) is -0.907. The summed E-state index contributed by atoms with van der Waals surface area (Å²) in [7, 11) is 0. The van der Waals surface area contributed by atoms with Crippen LogP contribution in [-0.4, -0.2) is 16.5 Å². The van der Waals surface area contributed by atoms with Crippen LogP contribution in [0.5, 0.6) is 0 Å². The predicted molar refractivity (Wildman–Crippen MR) is 61.2 cm³/mol. The molecule has 1 heterocycles. The molecule has 7 heteroatoms. The molecule has 0 bridgehead atoms. The van der Waals surface area contributed by atoms with Crippen molar-refractivity contribution in [1.29, 1.82) is 0 Å². The molecule has 0 aliphatic carbocycles. The first-order valence-corrected chi connectivity index (χ1v) is 5.57. The molecule has 0 aliphatic rings. The van der Waals surface area contributed by atoms with Crippen LogP contribution in [0.1, 0.15) is 30.4 Å². The number of thiophene rings is 1. The van der Waals surface area contributed by atoms with Crippen LogP contribution >= 0.6 is 22.9 Å². The molecule has 0 fully saturated rings. The summed E-state index contributed by atoms with van der Waals surface area (Å²) in [6.45, 7) is 5.15. The molecular formula is C9H10ClNO4S. The first-order chi connectivity index (χ1) is 7.20. The molecule has 0 N–H and O–H groups in total. The molecule has 0 radical (unpaired) electrons. The Morgan fingerprint density at radius 1 is 1.56 bits per heavy atom. The van der Waals surface area contributed by atoms with Crippen molar-refractivity contribution in [1.82, 2.24) is 0 Å². The van der Waals surface area contributed by atoms with Gasteiger partial charge in [-0.25, -0.2) is 4.79 Å². The lowest BCUT2D eigenvalue weighted by atomic mass is 10.2. The maximum atomic E-state index is 11.6. The summed E-state index contributed by atoms with van der Waals surface area (Å²) >= 11 is 6.47. The zero-order valence-corrected chi connectivity index (χ0v) is 10.5. The Hall–Kier alpha value is -1.14. The predicted octanol–water partition coefficient (Wildman–Crippen LogP) is 3.27. The van der Waals surface area contributed by atoms with E-state index < -0.39 is 16.5 Å². The van der Waals surface area contributed by atoms with E-state index in [0.29, 0.717) is 0 Å². The zero-order valence-electron chi connectivity index (χ0n) is 8.94. The van der Waals surface area contributed by atoms with Gasteiger partial charge in [0.2, 0.25) is 0 Å². The number of ether oxygens (including phenoxy) is 1. The smallest absolute Gasteiger partial charge is 0.349 e. The van der Waals surface area contributed by atoms with Gasteiger partial charge in [0, 0.05) is 6.07 Å². The molecule has 0 aromatic carbocycles. The highest BCUT2D eigenvalue weighted by Gasteiger charge is 2.24. The molecule has 0 aliphatic heterocycles. The van der Waals surface area contributed by atoms with Crippen molar-refractivity contribution >= 4 is 34.6 Å². The number of esters is 1. The molecular weight excluding hydrogens is 254 g/mol. The van der Waals surface area contributed by atoms with Gasteiger partial charge in [-0.2, -0.15) is 0 Å². The van der Waals surface area contributed by atoms with Crippen molar-refractivity contribution in [2.45, 2.75) is 26.4 Å². The molecule has 1 aromatic rings. The highest BCUT2D eigenvalue weighted by molar-refractivity contribution is 7.18. The van der Waals surface area contributed by atoms with E-state index in [1.807, 2.05) is 0 Å². The summed E-state index contributed by atoms with van der Waals surface area (Å²) in [4.78, 5) is 21.6. The second-order valence-electron chi connectivity index (χ2n) is 4.03. The van der Waals surface area contributed by atoms with Crippen LogP contribution in [0.3, 0.4) is 0 Å². The third kappa shape index (κ3) is 3.18. The molecule has 5 nitrogen and oxygen atoms in total. The van der Waals surface area contributed by atoms with Gasteiger partial charge in [-0.3, -0.25) is 10.1 Å². The van der Waals surface area contributed by atoms with Gasteiger partial charge in [-0.15, -0.1) is 11.3 Å². The van der Waals surface area contributed by atoms with E-state index in [-0.39, 0.29) is 14.9 Å². The maximum absolute atomic E-state index is 11.6. The van der Waals surface area contributed by atoms with Crippen LogP contribution in [0, 0.1) is 10.1 Å². The summed E-state index contributed by atoms with van der Waals surface area (Å²) < 4.78 is 5.04. The quantitative estimate of drug-likeness (QED) is 0.466. The van der Waals surface area contributed by atoms with Gasteiger partial charge < -0.3 is 4.74 Å². The lowest BCUT2D eigenvalue weighted by Gasteiger charge is -2.18. The van der Waals surface area contributed by atoms with Crippen molar-refractivity contribution in [2.75, 3.05) is 0 Å². The van der Waals surface area contributed by atoms with Crippen molar-refractivity contribution in [3.63, 3.8) is 0 Å². The van der Waals surface area contributed by atoms with E-state index >= 15 is 0 Å². The Morgan fingerprint density at radius 3 is 2.50 bits per heavy atom. The van der Waals surface area contributed by atoms with Crippen LogP contribution in [-0.2, 0) is 4.74 Å². The second-order valence-corrected chi connectivity index (χ2v) is 5.68. The van der Waals surface area contributed by atoms with E-state index in [0.717, 1.165) is 17.4 Å². The number of nitrogens with zero attached hydrogens (tertiary/aromatic N) is 1. The molecule has 16 heavy (non-hydrogen) atoms. The van der Waals surface area contributed by atoms with Crippen LogP contribution in [0.4, 0.5) is 5.69 Å². The molecule has 0 spiro atoms. The van der Waals surface area contributed by atoms with E-state index in [1.54, 1.807) is 20.8 Å². The SMILES string of the molecule is CC(C)(C)OC(=O)c1cc([N+](=O)[O-])c(Cl)s1. The Kier molecular flexibility index (Phi) is 3.54. The fourth-order valence-corrected chi connectivity index (χ4v) is 2.01. The average molecular weight is 264 g/mol. The molecule has 1 rings (SSSR count). The molecule has 0 unspecified atom stereocenters. The minimum absolute atomic E-state index is 0.0224. The largest absolute Gasteiger partial charge is 0.456 e. The molecule has 88 valence electrons. The van der Waals surface area contributed by atoms with Gasteiger partial charge >= 0.3 is 5.97 Å². The lowest BCUT2D eigenvalue weighted by molar-refractivity contribution is -0.384. The third-order valence-corrected chi connectivity index (χ3v) is 2.78. The highest BCUT2D eigenvalue weighted by Crippen LogP contribution is 2.34. The summed E-state index contributed by atoms with van der Waals surface area (Å²) in [5.74, 6) is -0.604. The van der Waals surface area contributed by atoms with Crippen LogP contribution in [0.2, 0.25) is 4.34 Å². The number of carbonyl (C=O) groups is 1. The van der Waals surface area contributed by atoms with E-state index in [4.69, 9.17) is 16.3 Å². The average Bonchev–Trinajstić information content (AvgIpc) is 2.44. The van der Waals surface area contributed by atoms with E-state index in [1.165, 1.54) is 0 Å². The van der Waals surface area contributed by atoms with Gasteiger partial charge in [0.15, 0.2) is 4.34 Å². The van der Waals surface area contributed by atoms with Crippen LogP contribution < -0.4 is 0 Å². The monoisotopic (exact) mass is 263 g/mol. The van der Waals surface area contributed by atoms with Crippen LogP contribution in [0.25, 0.3) is 0 Å². The van der Waals surface area contributed by atoms with Crippen molar-refractivity contribution in [2.24, 2.45) is 0 Å². The Bertz CT molecular complexity index is 435. The Labute approximate surface area is 101 Å². The molecule has 0 saturated heterocycles. The normalized spacial score (nSPS) is 11.2. The molecule has 0 atom stereocenters. The molecule has 1 aromatic heterocycles. The maximum Gasteiger partial charge on any atom is 0.349 e. The summed E-state index contributed by atoms with van der Waals surface area (Å²) in [6.07, 6.45) is 0. The number of rotatable bonds is 2. The summed E-state index contributed by atoms with van der Waals surface area (Å²) in [5, 5.41) is 10.5. The van der Waals surface area contributed by atoms with Crippen LogP contribution in [0.15, 0.2) is 6.07 Å². The highest BCUT2D eigenvalue weighted by atomic mass is 35.5. The third-order valence-electron chi connectivity index (χ3n) is 1.47. The van der Waals surface area contributed by atoms with Gasteiger partial charge in [0.1, 0.15) is 10.5 Å². The first-order valence-electron chi connectivity index (χ1n) is 4.38. The summed E-state index contributed by atoms with van der Waals surface area (Å²) in [6, 6.07) is 1.13. The molecule has 0 saturated carbocycles. The van der Waals surface area contributed by atoms with E-state index in [9.17, 15) is 14.9 Å². The standard InChI is InChI=1S/C9H10ClNO4S/c1-9(2,3)15-8(12)6-4-5(11(13)14)7(10)16-6/h4H,1-3H3. The minimum atomic E-state index is -0.637. The number of hydrogen-bond acceptors (Lipinski definition) is 5. The second kappa shape index (κ2) is 4.39. The number of hydrogen-bond donors (Lipinski definition) is 0. The zero-order chi connectivity index (χ0) is 12.5. The lowest BCUT2D eigenvalue weighted by Crippen LogP contribution is -2.23. The topological polar surface area (TPSA) is 69.4 Å². The van der Waals surface area contributed by atoms with Crippen molar-refractivity contribution in [3.8, 4) is 0 Å². The van der Waals surface area contributed by atoms with E-state index in [2.05, 4.69) is 0 Å². The Balaban J connectivity index is 2.94. The number of nitro groups is 1. The van der Waals surface area contributed by atoms with Gasteiger partial charge in [0.05, 0.1) is 4.92 Å². The first kappa shape index (κ1) is 12.9.